The molecular weight excluding hydrogens is 342 g/mol. The molecule has 0 atom stereocenters. The van der Waals surface area contributed by atoms with Crippen molar-refractivity contribution in [1.82, 2.24) is 4.90 Å². The summed E-state index contributed by atoms with van der Waals surface area (Å²) in [6.45, 7) is 1.05. The standard InChI is InChI=1S/C18H16ClN3O3/c1-22(9-12-2-5-16-17(6-12)25-11-24-16)10-18(23)21-14-4-3-13(8-20)15(19)7-14/h2-7H,9-11H2,1H3,(H,21,23). The average Bonchev–Trinajstić information content (AvgIpc) is 3.02. The molecule has 2 aromatic rings. The zero-order valence-electron chi connectivity index (χ0n) is 13.6. The van der Waals surface area contributed by atoms with Gasteiger partial charge in [0, 0.05) is 12.2 Å². The molecule has 25 heavy (non-hydrogen) atoms. The summed E-state index contributed by atoms with van der Waals surface area (Å²) in [4.78, 5) is 14.0. The highest BCUT2D eigenvalue weighted by Gasteiger charge is 2.14. The van der Waals surface area contributed by atoms with Crippen molar-refractivity contribution in [3.63, 3.8) is 0 Å². The third-order valence-electron chi connectivity index (χ3n) is 3.68. The molecule has 1 heterocycles. The molecule has 0 spiro atoms. The fraction of sp³-hybridized carbons (Fsp3) is 0.222. The lowest BCUT2D eigenvalue weighted by Crippen LogP contribution is -2.29. The maximum atomic E-state index is 12.2. The molecule has 1 N–H and O–H groups in total. The van der Waals surface area contributed by atoms with Gasteiger partial charge in [0.2, 0.25) is 12.7 Å². The van der Waals surface area contributed by atoms with Crippen molar-refractivity contribution < 1.29 is 14.3 Å². The van der Waals surface area contributed by atoms with Crippen LogP contribution in [0.1, 0.15) is 11.1 Å². The maximum Gasteiger partial charge on any atom is 0.238 e. The van der Waals surface area contributed by atoms with Gasteiger partial charge in [0.25, 0.3) is 0 Å². The highest BCUT2D eigenvalue weighted by molar-refractivity contribution is 6.32. The number of fused-ring (bicyclic) bond motifs is 1. The number of hydrogen-bond acceptors (Lipinski definition) is 5. The van der Waals surface area contributed by atoms with Crippen LogP contribution < -0.4 is 14.8 Å². The number of nitrogens with one attached hydrogen (secondary N) is 1. The summed E-state index contributed by atoms with van der Waals surface area (Å²) in [7, 11) is 1.86. The Morgan fingerprint density at radius 3 is 2.84 bits per heavy atom. The summed E-state index contributed by atoms with van der Waals surface area (Å²) in [6.07, 6.45) is 0. The maximum absolute atomic E-state index is 12.2. The first-order valence-corrected chi connectivity index (χ1v) is 7.99. The van der Waals surface area contributed by atoms with Gasteiger partial charge in [0.15, 0.2) is 11.5 Å². The normalized spacial score (nSPS) is 12.1. The summed E-state index contributed by atoms with van der Waals surface area (Å²) in [5, 5.41) is 12.0. The lowest BCUT2D eigenvalue weighted by Gasteiger charge is -2.16. The minimum Gasteiger partial charge on any atom is -0.454 e. The highest BCUT2D eigenvalue weighted by atomic mass is 35.5. The van der Waals surface area contributed by atoms with Gasteiger partial charge in [0.05, 0.1) is 17.1 Å². The van der Waals surface area contributed by atoms with Crippen molar-refractivity contribution in [2.75, 3.05) is 25.7 Å². The Morgan fingerprint density at radius 1 is 1.28 bits per heavy atom. The van der Waals surface area contributed by atoms with E-state index in [4.69, 9.17) is 26.3 Å². The molecule has 0 saturated heterocycles. The van der Waals surface area contributed by atoms with E-state index in [2.05, 4.69) is 5.32 Å². The van der Waals surface area contributed by atoms with Crippen molar-refractivity contribution in [3.8, 4) is 17.6 Å². The minimum atomic E-state index is -0.163. The van der Waals surface area contributed by atoms with Crippen LogP contribution in [0.2, 0.25) is 5.02 Å². The van der Waals surface area contributed by atoms with Crippen LogP contribution >= 0.6 is 11.6 Å². The third kappa shape index (κ3) is 4.21. The van der Waals surface area contributed by atoms with Gasteiger partial charge in [-0.1, -0.05) is 17.7 Å². The van der Waals surface area contributed by atoms with Gasteiger partial charge in [-0.3, -0.25) is 9.69 Å². The quantitative estimate of drug-likeness (QED) is 0.890. The predicted molar refractivity (Wildman–Crippen MR) is 93.7 cm³/mol. The van der Waals surface area contributed by atoms with Crippen LogP contribution in [-0.4, -0.2) is 31.2 Å². The van der Waals surface area contributed by atoms with Crippen LogP contribution in [0, 0.1) is 11.3 Å². The Hall–Kier alpha value is -2.75. The van der Waals surface area contributed by atoms with Crippen LogP contribution in [0.25, 0.3) is 0 Å². The van der Waals surface area contributed by atoms with Crippen LogP contribution in [0.4, 0.5) is 5.69 Å². The van der Waals surface area contributed by atoms with Gasteiger partial charge in [0.1, 0.15) is 6.07 Å². The van der Waals surface area contributed by atoms with E-state index in [1.54, 1.807) is 18.2 Å². The van der Waals surface area contributed by atoms with Crippen molar-refractivity contribution in [2.24, 2.45) is 0 Å². The Bertz CT molecular complexity index is 848. The van der Waals surface area contributed by atoms with Gasteiger partial charge < -0.3 is 14.8 Å². The van der Waals surface area contributed by atoms with Gasteiger partial charge in [-0.15, -0.1) is 0 Å². The molecule has 0 aromatic heterocycles. The first-order chi connectivity index (χ1) is 12.0. The van der Waals surface area contributed by atoms with Crippen LogP contribution in [0.3, 0.4) is 0 Å². The molecule has 3 rings (SSSR count). The molecular formula is C18H16ClN3O3. The smallest absolute Gasteiger partial charge is 0.238 e. The molecule has 0 fully saturated rings. The van der Waals surface area contributed by atoms with E-state index in [1.807, 2.05) is 36.2 Å². The second kappa shape index (κ2) is 7.43. The van der Waals surface area contributed by atoms with Crippen molar-refractivity contribution >= 4 is 23.2 Å². The number of nitriles is 1. The summed E-state index contributed by atoms with van der Waals surface area (Å²) < 4.78 is 10.6. The largest absolute Gasteiger partial charge is 0.454 e. The molecule has 1 amide bonds. The molecule has 7 heteroatoms. The van der Waals surface area contributed by atoms with E-state index in [9.17, 15) is 4.79 Å². The Morgan fingerprint density at radius 2 is 2.08 bits per heavy atom. The third-order valence-corrected chi connectivity index (χ3v) is 3.99. The SMILES string of the molecule is CN(CC(=O)Nc1ccc(C#N)c(Cl)c1)Cc1ccc2c(c1)OCO2. The molecule has 0 aliphatic carbocycles. The Labute approximate surface area is 150 Å². The summed E-state index contributed by atoms with van der Waals surface area (Å²) in [6, 6.07) is 12.5. The Balaban J connectivity index is 1.55. The molecule has 0 saturated carbocycles. The van der Waals surface area contributed by atoms with E-state index >= 15 is 0 Å². The fourth-order valence-electron chi connectivity index (χ4n) is 2.54. The van der Waals surface area contributed by atoms with E-state index in [0.29, 0.717) is 22.8 Å². The van der Waals surface area contributed by atoms with E-state index in [0.717, 1.165) is 17.1 Å². The van der Waals surface area contributed by atoms with Gasteiger partial charge in [-0.05, 0) is 42.9 Å². The fourth-order valence-corrected chi connectivity index (χ4v) is 2.76. The number of rotatable bonds is 5. The molecule has 0 bridgehead atoms. The first kappa shape index (κ1) is 17.1. The van der Waals surface area contributed by atoms with Crippen molar-refractivity contribution in [1.29, 1.82) is 5.26 Å². The molecule has 6 nitrogen and oxygen atoms in total. The number of carbonyl (C=O) groups is 1. The van der Waals surface area contributed by atoms with Gasteiger partial charge >= 0.3 is 0 Å². The predicted octanol–water partition coefficient (Wildman–Crippen LogP) is 3.01. The zero-order chi connectivity index (χ0) is 17.8. The van der Waals surface area contributed by atoms with Crippen LogP contribution in [-0.2, 0) is 11.3 Å². The average molecular weight is 358 g/mol. The summed E-state index contributed by atoms with van der Waals surface area (Å²) in [5.41, 5.74) is 1.96. The second-order valence-corrected chi connectivity index (χ2v) is 6.12. The monoisotopic (exact) mass is 357 g/mol. The van der Waals surface area contributed by atoms with Crippen molar-refractivity contribution in [2.45, 2.75) is 6.54 Å². The minimum absolute atomic E-state index is 0.163. The number of anilines is 1. The van der Waals surface area contributed by atoms with Gasteiger partial charge in [-0.2, -0.15) is 5.26 Å². The molecule has 0 unspecified atom stereocenters. The number of carbonyl (C=O) groups excluding carboxylic acids is 1. The molecule has 1 aliphatic heterocycles. The summed E-state index contributed by atoms with van der Waals surface area (Å²) >= 11 is 5.97. The number of amides is 1. The van der Waals surface area contributed by atoms with Gasteiger partial charge in [-0.25, -0.2) is 0 Å². The van der Waals surface area contributed by atoms with E-state index in [1.165, 1.54) is 0 Å². The molecule has 1 aliphatic rings. The number of ether oxygens (including phenoxy) is 2. The number of hydrogen-bond donors (Lipinski definition) is 1. The van der Waals surface area contributed by atoms with E-state index in [-0.39, 0.29) is 19.2 Å². The summed E-state index contributed by atoms with van der Waals surface area (Å²) in [5.74, 6) is 1.30. The number of benzene rings is 2. The topological polar surface area (TPSA) is 74.6 Å². The molecule has 128 valence electrons. The highest BCUT2D eigenvalue weighted by Crippen LogP contribution is 2.32. The lowest BCUT2D eigenvalue weighted by atomic mass is 10.2. The first-order valence-electron chi connectivity index (χ1n) is 7.62. The number of nitrogens with zero attached hydrogens (tertiary/aromatic N) is 2. The second-order valence-electron chi connectivity index (χ2n) is 5.71. The molecule has 2 aromatic carbocycles. The number of halogens is 1. The Kier molecular flexibility index (Phi) is 5.08. The molecule has 0 radical (unpaired) electrons. The van der Waals surface area contributed by atoms with Crippen LogP contribution in [0.5, 0.6) is 11.5 Å². The van der Waals surface area contributed by atoms with Crippen LogP contribution in [0.15, 0.2) is 36.4 Å². The van der Waals surface area contributed by atoms with E-state index < -0.39 is 0 Å². The number of likely N-dealkylation sites (N-methyl/N-ethyl adjacent to an activating group) is 1. The van der Waals surface area contributed by atoms with Crippen molar-refractivity contribution in [3.05, 3.63) is 52.5 Å². The zero-order valence-corrected chi connectivity index (χ0v) is 14.3. The lowest BCUT2D eigenvalue weighted by molar-refractivity contribution is -0.117.